The van der Waals surface area contributed by atoms with Crippen molar-refractivity contribution in [2.24, 2.45) is 0 Å². The summed E-state index contributed by atoms with van der Waals surface area (Å²) in [6, 6.07) is 8.32. The van der Waals surface area contributed by atoms with Crippen molar-refractivity contribution in [2.75, 3.05) is 6.61 Å². The molecule has 2 heterocycles. The number of thiophene rings is 1. The van der Waals surface area contributed by atoms with E-state index in [9.17, 15) is 0 Å². The molecule has 3 heteroatoms. The fraction of sp³-hybridized carbons (Fsp3) is 0.231. The van der Waals surface area contributed by atoms with E-state index in [0.717, 1.165) is 24.3 Å². The maximum Gasteiger partial charge on any atom is 0.122 e. The summed E-state index contributed by atoms with van der Waals surface area (Å²) >= 11 is 8.12. The zero-order chi connectivity index (χ0) is 11.0. The van der Waals surface area contributed by atoms with Crippen LogP contribution in [0.25, 0.3) is 0 Å². The van der Waals surface area contributed by atoms with E-state index in [2.05, 4.69) is 29.0 Å². The first-order valence-corrected chi connectivity index (χ1v) is 6.64. The van der Waals surface area contributed by atoms with E-state index in [4.69, 9.17) is 16.3 Å². The highest BCUT2D eigenvalue weighted by Gasteiger charge is 2.16. The van der Waals surface area contributed by atoms with Crippen LogP contribution in [0.1, 0.15) is 22.1 Å². The van der Waals surface area contributed by atoms with Gasteiger partial charge in [-0.3, -0.25) is 0 Å². The summed E-state index contributed by atoms with van der Waals surface area (Å²) in [5.41, 5.74) is 3.60. The predicted octanol–water partition coefficient (Wildman–Crippen LogP) is 4.01. The highest BCUT2D eigenvalue weighted by molar-refractivity contribution is 7.08. The van der Waals surface area contributed by atoms with Crippen molar-refractivity contribution in [1.82, 2.24) is 0 Å². The van der Waals surface area contributed by atoms with Crippen molar-refractivity contribution < 1.29 is 4.74 Å². The maximum atomic E-state index is 6.44. The lowest BCUT2D eigenvalue weighted by atomic mass is 10.0. The molecule has 1 aromatic heterocycles. The van der Waals surface area contributed by atoms with Gasteiger partial charge in [-0.05, 0) is 39.6 Å². The van der Waals surface area contributed by atoms with Crippen molar-refractivity contribution in [3.8, 4) is 5.75 Å². The first-order valence-electron chi connectivity index (χ1n) is 5.26. The van der Waals surface area contributed by atoms with Crippen molar-refractivity contribution in [3.63, 3.8) is 0 Å². The number of alkyl halides is 1. The average molecular weight is 251 g/mol. The first-order chi connectivity index (χ1) is 7.84. The molecule has 0 N–H and O–H groups in total. The van der Waals surface area contributed by atoms with Crippen LogP contribution in [-0.4, -0.2) is 6.61 Å². The third-order valence-electron chi connectivity index (χ3n) is 2.84. The van der Waals surface area contributed by atoms with Gasteiger partial charge in [-0.1, -0.05) is 12.1 Å². The van der Waals surface area contributed by atoms with Crippen LogP contribution in [0.2, 0.25) is 0 Å². The Labute approximate surface area is 104 Å². The van der Waals surface area contributed by atoms with Gasteiger partial charge in [0, 0.05) is 6.42 Å². The molecule has 1 unspecified atom stereocenters. The molecule has 1 atom stereocenters. The molecule has 0 amide bonds. The molecular formula is C13H11ClOS. The number of hydrogen-bond donors (Lipinski definition) is 0. The summed E-state index contributed by atoms with van der Waals surface area (Å²) < 4.78 is 5.48. The number of benzene rings is 1. The van der Waals surface area contributed by atoms with Crippen LogP contribution in [-0.2, 0) is 6.42 Å². The number of rotatable bonds is 2. The largest absolute Gasteiger partial charge is 0.493 e. The van der Waals surface area contributed by atoms with Crippen LogP contribution in [0.3, 0.4) is 0 Å². The van der Waals surface area contributed by atoms with E-state index >= 15 is 0 Å². The molecule has 16 heavy (non-hydrogen) atoms. The van der Waals surface area contributed by atoms with Gasteiger partial charge < -0.3 is 4.74 Å². The summed E-state index contributed by atoms with van der Waals surface area (Å²) in [5, 5.41) is 4.11. The van der Waals surface area contributed by atoms with Crippen LogP contribution < -0.4 is 4.74 Å². The lowest BCUT2D eigenvalue weighted by Crippen LogP contribution is -1.92. The molecule has 3 rings (SSSR count). The minimum atomic E-state index is -0.0443. The first kappa shape index (κ1) is 10.2. The summed E-state index contributed by atoms with van der Waals surface area (Å²) in [4.78, 5) is 0. The number of hydrogen-bond acceptors (Lipinski definition) is 2. The predicted molar refractivity (Wildman–Crippen MR) is 67.7 cm³/mol. The van der Waals surface area contributed by atoms with Gasteiger partial charge in [0.1, 0.15) is 5.75 Å². The van der Waals surface area contributed by atoms with Gasteiger partial charge in [-0.15, -0.1) is 11.6 Å². The summed E-state index contributed by atoms with van der Waals surface area (Å²) in [6.45, 7) is 0.796. The van der Waals surface area contributed by atoms with Crippen LogP contribution >= 0.6 is 22.9 Å². The van der Waals surface area contributed by atoms with E-state index in [0.29, 0.717) is 0 Å². The van der Waals surface area contributed by atoms with Gasteiger partial charge in [0.25, 0.3) is 0 Å². The molecule has 82 valence electrons. The standard InChI is InChI=1S/C13H11ClOS/c14-13(11-4-6-16-8-11)10-1-2-12-9(7-10)3-5-15-12/h1-2,4,6-8,13H,3,5H2. The third kappa shape index (κ3) is 1.72. The smallest absolute Gasteiger partial charge is 0.122 e. The molecule has 0 fully saturated rings. The number of ether oxygens (including phenoxy) is 1. The molecule has 0 saturated carbocycles. The molecule has 0 aliphatic carbocycles. The minimum absolute atomic E-state index is 0.0443. The zero-order valence-corrected chi connectivity index (χ0v) is 10.2. The fourth-order valence-corrected chi connectivity index (χ4v) is 3.01. The molecule has 2 aromatic rings. The van der Waals surface area contributed by atoms with Gasteiger partial charge in [0.15, 0.2) is 0 Å². The number of fused-ring (bicyclic) bond motifs is 1. The van der Waals surface area contributed by atoms with Crippen LogP contribution in [0.4, 0.5) is 0 Å². The Bertz CT molecular complexity index is 493. The van der Waals surface area contributed by atoms with E-state index in [1.54, 1.807) is 11.3 Å². The number of halogens is 1. The molecule has 0 bridgehead atoms. The molecule has 1 aliphatic rings. The average Bonchev–Trinajstić information content (AvgIpc) is 2.98. The highest BCUT2D eigenvalue weighted by atomic mass is 35.5. The van der Waals surface area contributed by atoms with Gasteiger partial charge >= 0.3 is 0 Å². The molecule has 0 radical (unpaired) electrons. The van der Waals surface area contributed by atoms with Crippen LogP contribution in [0.5, 0.6) is 5.75 Å². The van der Waals surface area contributed by atoms with E-state index < -0.39 is 0 Å². The van der Waals surface area contributed by atoms with Crippen LogP contribution in [0.15, 0.2) is 35.0 Å². The zero-order valence-electron chi connectivity index (χ0n) is 8.65. The summed E-state index contributed by atoms with van der Waals surface area (Å²) in [6.07, 6.45) is 0.996. The van der Waals surface area contributed by atoms with E-state index in [1.165, 1.54) is 11.1 Å². The van der Waals surface area contributed by atoms with Gasteiger partial charge in [0.05, 0.1) is 12.0 Å². The van der Waals surface area contributed by atoms with E-state index in [1.807, 2.05) is 6.07 Å². The van der Waals surface area contributed by atoms with Gasteiger partial charge in [-0.25, -0.2) is 0 Å². The molecule has 0 spiro atoms. The van der Waals surface area contributed by atoms with Gasteiger partial charge in [-0.2, -0.15) is 11.3 Å². The summed E-state index contributed by atoms with van der Waals surface area (Å²) in [7, 11) is 0. The topological polar surface area (TPSA) is 9.23 Å². The van der Waals surface area contributed by atoms with Crippen molar-refractivity contribution in [1.29, 1.82) is 0 Å². The fourth-order valence-electron chi connectivity index (χ4n) is 1.98. The maximum absolute atomic E-state index is 6.44. The molecule has 1 aromatic carbocycles. The molecule has 0 saturated heterocycles. The Morgan fingerprint density at radius 2 is 2.19 bits per heavy atom. The Morgan fingerprint density at radius 1 is 1.25 bits per heavy atom. The quantitative estimate of drug-likeness (QED) is 0.732. The highest BCUT2D eigenvalue weighted by Crippen LogP contribution is 2.34. The SMILES string of the molecule is ClC(c1ccsc1)c1ccc2c(c1)CCO2. The lowest BCUT2D eigenvalue weighted by molar-refractivity contribution is 0.357. The Morgan fingerprint density at radius 3 is 3.00 bits per heavy atom. The van der Waals surface area contributed by atoms with Crippen LogP contribution in [0, 0.1) is 0 Å². The third-order valence-corrected chi connectivity index (χ3v) is 4.05. The Kier molecular flexibility index (Phi) is 2.62. The Hall–Kier alpha value is -0.990. The van der Waals surface area contributed by atoms with Crippen molar-refractivity contribution in [2.45, 2.75) is 11.8 Å². The molecule has 1 nitrogen and oxygen atoms in total. The minimum Gasteiger partial charge on any atom is -0.493 e. The molecule has 1 aliphatic heterocycles. The molecular weight excluding hydrogens is 240 g/mol. The van der Waals surface area contributed by atoms with Crippen molar-refractivity contribution in [3.05, 3.63) is 51.7 Å². The Balaban J connectivity index is 1.95. The second kappa shape index (κ2) is 4.11. The second-order valence-corrected chi connectivity index (χ2v) is 5.10. The summed E-state index contributed by atoms with van der Waals surface area (Å²) in [5.74, 6) is 1.01. The lowest BCUT2D eigenvalue weighted by Gasteiger charge is -2.09. The van der Waals surface area contributed by atoms with Crippen molar-refractivity contribution >= 4 is 22.9 Å². The van der Waals surface area contributed by atoms with Gasteiger partial charge in [0.2, 0.25) is 0 Å². The second-order valence-electron chi connectivity index (χ2n) is 3.88. The monoisotopic (exact) mass is 250 g/mol. The van der Waals surface area contributed by atoms with E-state index in [-0.39, 0.29) is 5.38 Å². The normalized spacial score (nSPS) is 15.6.